The summed E-state index contributed by atoms with van der Waals surface area (Å²) in [6, 6.07) is 7.68. The van der Waals surface area contributed by atoms with Crippen molar-refractivity contribution in [2.24, 2.45) is 5.73 Å². The zero-order valence-corrected chi connectivity index (χ0v) is 17.0. The number of nitrogens with two attached hydrogens (primary N) is 1. The maximum Gasteiger partial charge on any atom is 0.236 e. The Bertz CT molecular complexity index is 481. The van der Waals surface area contributed by atoms with Gasteiger partial charge in [-0.05, 0) is 44.0 Å². The predicted molar refractivity (Wildman–Crippen MR) is 105 cm³/mol. The zero-order chi connectivity index (χ0) is 15.9. The van der Waals surface area contributed by atoms with E-state index in [1.807, 2.05) is 24.3 Å². The minimum atomic E-state index is -0.433. The highest BCUT2D eigenvalue weighted by molar-refractivity contribution is 9.10. The molecule has 1 amide bonds. The summed E-state index contributed by atoms with van der Waals surface area (Å²) >= 11 is 3.41. The summed E-state index contributed by atoms with van der Waals surface area (Å²) in [5.74, 6) is 0.833. The Morgan fingerprint density at radius 1 is 1.33 bits per heavy atom. The van der Waals surface area contributed by atoms with Crippen LogP contribution in [0.5, 0.6) is 5.75 Å². The van der Waals surface area contributed by atoms with E-state index in [0.29, 0.717) is 6.61 Å². The number of carbonyl (C=O) groups is 1. The number of carbonyl (C=O) groups excluding carboxylic acids is 1. The molecule has 0 saturated carbocycles. The Labute approximate surface area is 164 Å². The summed E-state index contributed by atoms with van der Waals surface area (Å²) in [4.78, 5) is 13.9. The third-order valence-electron chi connectivity index (χ3n) is 3.84. The van der Waals surface area contributed by atoms with E-state index in [4.69, 9.17) is 10.5 Å². The van der Waals surface area contributed by atoms with Crippen LogP contribution in [0.3, 0.4) is 0 Å². The van der Waals surface area contributed by atoms with E-state index >= 15 is 0 Å². The van der Waals surface area contributed by atoms with Crippen LogP contribution in [0.2, 0.25) is 0 Å². The Kier molecular flexibility index (Phi) is 11.7. The number of rotatable bonds is 6. The van der Waals surface area contributed by atoms with Crippen LogP contribution in [0.4, 0.5) is 0 Å². The smallest absolute Gasteiger partial charge is 0.236 e. The molecule has 0 aliphatic carbocycles. The van der Waals surface area contributed by atoms with Crippen LogP contribution in [0.1, 0.15) is 19.8 Å². The molecule has 1 fully saturated rings. The first-order valence-electron chi connectivity index (χ1n) is 7.71. The third-order valence-corrected chi connectivity index (χ3v) is 4.37. The van der Waals surface area contributed by atoms with E-state index in [0.717, 1.165) is 42.7 Å². The SMILES string of the molecule is CC(N)C(=O)NC1CCN(CCOc2ccc(Br)cc2)CC1.Cl.Cl. The van der Waals surface area contributed by atoms with Gasteiger partial charge in [0.15, 0.2) is 0 Å². The number of benzene rings is 1. The van der Waals surface area contributed by atoms with E-state index in [1.54, 1.807) is 6.92 Å². The van der Waals surface area contributed by atoms with E-state index in [2.05, 4.69) is 26.1 Å². The monoisotopic (exact) mass is 441 g/mol. The first-order valence-corrected chi connectivity index (χ1v) is 8.50. The first-order chi connectivity index (χ1) is 10.5. The standard InChI is InChI=1S/C16H24BrN3O2.2ClH/c1-12(18)16(21)19-14-6-8-20(9-7-14)10-11-22-15-4-2-13(17)3-5-15;;/h2-5,12,14H,6-11,18H2,1H3,(H,19,21);2*1H. The fraction of sp³-hybridized carbons (Fsp3) is 0.562. The zero-order valence-electron chi connectivity index (χ0n) is 13.7. The summed E-state index contributed by atoms with van der Waals surface area (Å²) in [5, 5.41) is 3.00. The molecule has 1 atom stereocenters. The molecule has 1 heterocycles. The number of nitrogens with zero attached hydrogens (tertiary/aromatic N) is 1. The van der Waals surface area contributed by atoms with E-state index in [1.165, 1.54) is 0 Å². The van der Waals surface area contributed by atoms with Crippen molar-refractivity contribution in [3.63, 3.8) is 0 Å². The van der Waals surface area contributed by atoms with Crippen molar-refractivity contribution in [3.05, 3.63) is 28.7 Å². The van der Waals surface area contributed by atoms with Gasteiger partial charge in [0, 0.05) is 30.1 Å². The summed E-state index contributed by atoms with van der Waals surface area (Å²) in [6.45, 7) is 5.26. The lowest BCUT2D eigenvalue weighted by molar-refractivity contribution is -0.123. The third kappa shape index (κ3) is 8.03. The van der Waals surface area contributed by atoms with Crippen molar-refractivity contribution < 1.29 is 9.53 Å². The van der Waals surface area contributed by atoms with Crippen LogP contribution in [-0.2, 0) is 4.79 Å². The summed E-state index contributed by atoms with van der Waals surface area (Å²) in [5.41, 5.74) is 5.57. The second-order valence-corrected chi connectivity index (χ2v) is 6.63. The number of nitrogens with one attached hydrogen (secondary N) is 1. The molecule has 0 aromatic heterocycles. The number of amides is 1. The lowest BCUT2D eigenvalue weighted by atomic mass is 10.0. The number of ether oxygens (including phenoxy) is 1. The second kappa shape index (κ2) is 11.9. The van der Waals surface area contributed by atoms with Gasteiger partial charge >= 0.3 is 0 Å². The molecule has 3 N–H and O–H groups in total. The van der Waals surface area contributed by atoms with Gasteiger partial charge in [-0.25, -0.2) is 0 Å². The molecule has 1 aliphatic heterocycles. The van der Waals surface area contributed by atoms with Crippen LogP contribution >= 0.6 is 40.7 Å². The topological polar surface area (TPSA) is 67.6 Å². The van der Waals surface area contributed by atoms with Crippen molar-refractivity contribution in [3.8, 4) is 5.75 Å². The van der Waals surface area contributed by atoms with Gasteiger partial charge in [0.25, 0.3) is 0 Å². The van der Waals surface area contributed by atoms with Gasteiger partial charge in [-0.2, -0.15) is 0 Å². The predicted octanol–water partition coefficient (Wildman–Crippen LogP) is 2.60. The molecule has 8 heteroatoms. The fourth-order valence-corrected chi connectivity index (χ4v) is 2.72. The first kappa shape index (κ1) is 23.5. The molecule has 1 aromatic rings. The van der Waals surface area contributed by atoms with Gasteiger partial charge in [0.05, 0.1) is 6.04 Å². The van der Waals surface area contributed by atoms with Crippen LogP contribution in [0, 0.1) is 0 Å². The number of likely N-dealkylation sites (tertiary alicyclic amines) is 1. The number of hydrogen-bond donors (Lipinski definition) is 2. The number of halogens is 3. The summed E-state index contributed by atoms with van der Waals surface area (Å²) < 4.78 is 6.79. The molecule has 1 saturated heterocycles. The van der Waals surface area contributed by atoms with Crippen LogP contribution in [0.25, 0.3) is 0 Å². The maximum atomic E-state index is 11.6. The highest BCUT2D eigenvalue weighted by Crippen LogP contribution is 2.16. The molecule has 1 unspecified atom stereocenters. The van der Waals surface area contributed by atoms with Gasteiger partial charge in [0.1, 0.15) is 12.4 Å². The Morgan fingerprint density at radius 2 is 1.92 bits per heavy atom. The lowest BCUT2D eigenvalue weighted by Crippen LogP contribution is -2.49. The van der Waals surface area contributed by atoms with E-state index in [-0.39, 0.29) is 36.8 Å². The van der Waals surface area contributed by atoms with Crippen molar-refractivity contribution >= 4 is 46.7 Å². The summed E-state index contributed by atoms with van der Waals surface area (Å²) in [7, 11) is 0. The van der Waals surface area contributed by atoms with E-state index in [9.17, 15) is 4.79 Å². The molecule has 1 aromatic carbocycles. The van der Waals surface area contributed by atoms with Crippen LogP contribution in [-0.4, -0.2) is 49.1 Å². The normalized spacial score (nSPS) is 16.5. The average Bonchev–Trinajstić information content (AvgIpc) is 2.51. The Morgan fingerprint density at radius 3 is 2.46 bits per heavy atom. The highest BCUT2D eigenvalue weighted by Gasteiger charge is 2.21. The lowest BCUT2D eigenvalue weighted by Gasteiger charge is -2.32. The molecule has 2 rings (SSSR count). The molecule has 5 nitrogen and oxygen atoms in total. The number of piperidine rings is 1. The van der Waals surface area contributed by atoms with Gasteiger partial charge in [0.2, 0.25) is 5.91 Å². The molecule has 0 radical (unpaired) electrons. The molecule has 24 heavy (non-hydrogen) atoms. The number of hydrogen-bond acceptors (Lipinski definition) is 4. The van der Waals surface area contributed by atoms with Crippen molar-refractivity contribution in [2.75, 3.05) is 26.2 Å². The van der Waals surface area contributed by atoms with Gasteiger partial charge < -0.3 is 15.8 Å². The second-order valence-electron chi connectivity index (χ2n) is 5.72. The largest absolute Gasteiger partial charge is 0.492 e. The highest BCUT2D eigenvalue weighted by atomic mass is 79.9. The maximum absolute atomic E-state index is 11.6. The van der Waals surface area contributed by atoms with Crippen molar-refractivity contribution in [1.82, 2.24) is 10.2 Å². The minimum absolute atomic E-state index is 0. The molecule has 0 spiro atoms. The molecular weight excluding hydrogens is 417 g/mol. The van der Waals surface area contributed by atoms with Gasteiger partial charge in [-0.1, -0.05) is 15.9 Å². The van der Waals surface area contributed by atoms with Crippen LogP contribution in [0.15, 0.2) is 28.7 Å². The van der Waals surface area contributed by atoms with Crippen molar-refractivity contribution in [2.45, 2.75) is 31.8 Å². The molecule has 138 valence electrons. The fourth-order valence-electron chi connectivity index (χ4n) is 2.46. The summed E-state index contributed by atoms with van der Waals surface area (Å²) in [6.07, 6.45) is 1.94. The molecular formula is C16H26BrCl2N3O2. The Hall–Kier alpha value is -0.530. The molecule has 0 bridgehead atoms. The van der Waals surface area contributed by atoms with Gasteiger partial charge in [-0.15, -0.1) is 24.8 Å². The Balaban J connectivity index is 0.00000264. The quantitative estimate of drug-likeness (QED) is 0.710. The van der Waals surface area contributed by atoms with E-state index < -0.39 is 6.04 Å². The average molecular weight is 443 g/mol. The van der Waals surface area contributed by atoms with Gasteiger partial charge in [-0.3, -0.25) is 9.69 Å². The van der Waals surface area contributed by atoms with Crippen LogP contribution < -0.4 is 15.8 Å². The van der Waals surface area contributed by atoms with Crippen molar-refractivity contribution in [1.29, 1.82) is 0 Å². The minimum Gasteiger partial charge on any atom is -0.492 e. The molecule has 1 aliphatic rings.